The van der Waals surface area contributed by atoms with E-state index in [9.17, 15) is 0 Å². The van der Waals surface area contributed by atoms with Crippen molar-refractivity contribution in [2.24, 2.45) is 0 Å². The summed E-state index contributed by atoms with van der Waals surface area (Å²) < 4.78 is 11.4. The molecule has 0 aliphatic carbocycles. The van der Waals surface area contributed by atoms with Crippen molar-refractivity contribution in [2.45, 2.75) is 31.4 Å². The lowest BCUT2D eigenvalue weighted by Crippen LogP contribution is -2.20. The van der Waals surface area contributed by atoms with Gasteiger partial charge in [-0.3, -0.25) is 0 Å². The van der Waals surface area contributed by atoms with E-state index in [2.05, 4.69) is 19.7 Å². The average molecular weight is 192 g/mol. The van der Waals surface area contributed by atoms with Gasteiger partial charge in [0, 0.05) is 6.32 Å². The van der Waals surface area contributed by atoms with Crippen molar-refractivity contribution in [3.05, 3.63) is 38.0 Å². The molecule has 0 aromatic carbocycles. The molecule has 2 nitrogen and oxygen atoms in total. The molecule has 1 aliphatic rings. The highest BCUT2D eigenvalue weighted by atomic mass is 16.7. The van der Waals surface area contributed by atoms with E-state index in [4.69, 9.17) is 9.31 Å². The minimum Gasteiger partial charge on any atom is -0.405 e. The van der Waals surface area contributed by atoms with Gasteiger partial charge in [0.15, 0.2) is 0 Å². The van der Waals surface area contributed by atoms with E-state index in [-0.39, 0.29) is 19.3 Å². The van der Waals surface area contributed by atoms with E-state index in [1.165, 1.54) is 0 Å². The summed E-state index contributed by atoms with van der Waals surface area (Å²) in [6.07, 6.45) is 8.16. The van der Waals surface area contributed by atoms with Crippen molar-refractivity contribution >= 4 is 7.12 Å². The van der Waals surface area contributed by atoms with Gasteiger partial charge in [-0.1, -0.05) is 18.2 Å². The maximum Gasteiger partial charge on any atom is 0.461 e. The van der Waals surface area contributed by atoms with Crippen LogP contribution in [0.25, 0.3) is 0 Å². The zero-order valence-electron chi connectivity index (χ0n) is 8.52. The first-order valence-electron chi connectivity index (χ1n) is 4.95. The van der Waals surface area contributed by atoms with Gasteiger partial charge in [0.05, 0.1) is 12.2 Å². The van der Waals surface area contributed by atoms with E-state index < -0.39 is 0 Å². The van der Waals surface area contributed by atoms with Gasteiger partial charge in [-0.15, -0.1) is 19.7 Å². The topological polar surface area (TPSA) is 18.5 Å². The molecule has 0 aromatic rings. The molecule has 1 heterocycles. The molecule has 1 fully saturated rings. The highest BCUT2D eigenvalue weighted by Gasteiger charge is 2.36. The largest absolute Gasteiger partial charge is 0.461 e. The normalized spacial score (nSPS) is 26.1. The Balaban J connectivity index is 2.49. The number of rotatable bonds is 6. The summed E-state index contributed by atoms with van der Waals surface area (Å²) in [4.78, 5) is 0. The third kappa shape index (κ3) is 2.86. The second kappa shape index (κ2) is 5.84. The molecule has 1 saturated heterocycles. The van der Waals surface area contributed by atoms with Gasteiger partial charge in [-0.25, -0.2) is 0 Å². The quantitative estimate of drug-likeness (QED) is 0.475. The molecule has 0 amide bonds. The van der Waals surface area contributed by atoms with Crippen LogP contribution >= 0.6 is 0 Å². The first kappa shape index (κ1) is 11.3. The third-order valence-electron chi connectivity index (χ3n) is 2.22. The van der Waals surface area contributed by atoms with Crippen molar-refractivity contribution in [2.75, 3.05) is 0 Å². The summed E-state index contributed by atoms with van der Waals surface area (Å²) in [5, 5.41) is 0. The van der Waals surface area contributed by atoms with E-state index in [1.54, 1.807) is 0 Å². The first-order chi connectivity index (χ1) is 6.81. The Kier molecular flexibility index (Phi) is 4.70. The minimum absolute atomic E-state index is 0.121. The average Bonchev–Trinajstić information content (AvgIpc) is 2.50. The maximum absolute atomic E-state index is 5.69. The maximum atomic E-state index is 5.69. The summed E-state index contributed by atoms with van der Waals surface area (Å²) >= 11 is 0. The first-order valence-corrected chi connectivity index (χ1v) is 4.95. The second-order valence-corrected chi connectivity index (χ2v) is 3.35. The van der Waals surface area contributed by atoms with Crippen molar-refractivity contribution in [3.8, 4) is 0 Å². The van der Waals surface area contributed by atoms with Crippen LogP contribution in [0.5, 0.6) is 0 Å². The molecule has 1 rings (SSSR count). The predicted molar refractivity (Wildman–Crippen MR) is 60.1 cm³/mol. The smallest absolute Gasteiger partial charge is 0.405 e. The number of hydrogen-bond acceptors (Lipinski definition) is 2. The summed E-state index contributed by atoms with van der Waals surface area (Å²) in [7, 11) is -0.137. The fourth-order valence-electron chi connectivity index (χ4n) is 1.59. The molecule has 0 N–H and O–H groups in total. The molecule has 0 spiro atoms. The molecule has 76 valence electrons. The van der Waals surface area contributed by atoms with Gasteiger partial charge in [-0.05, 0) is 12.8 Å². The Morgan fingerprint density at radius 3 is 1.79 bits per heavy atom. The van der Waals surface area contributed by atoms with Crippen LogP contribution in [0, 0.1) is 0 Å². The van der Waals surface area contributed by atoms with Crippen LogP contribution in [0.4, 0.5) is 0 Å². The Labute approximate surface area is 86.4 Å². The molecule has 0 unspecified atom stereocenters. The van der Waals surface area contributed by atoms with Gasteiger partial charge in [0.1, 0.15) is 0 Å². The fraction of sp³-hybridized carbons (Fsp3) is 0.455. The lowest BCUT2D eigenvalue weighted by Gasteiger charge is -2.14. The van der Waals surface area contributed by atoms with Gasteiger partial charge in [0.2, 0.25) is 0 Å². The second-order valence-electron chi connectivity index (χ2n) is 3.35. The van der Waals surface area contributed by atoms with Crippen LogP contribution in [0.3, 0.4) is 0 Å². The standard InChI is InChI=1S/C11H17BO2/c1-4-7-10-11(8-5-2)14-12(13-10)9-6-3/h4-6,10-11H,1-3,7-9H2/t10-,11-/m0/s1. The van der Waals surface area contributed by atoms with E-state index >= 15 is 0 Å². The lowest BCUT2D eigenvalue weighted by molar-refractivity contribution is 0.160. The summed E-state index contributed by atoms with van der Waals surface area (Å²) in [6, 6.07) is 0. The Morgan fingerprint density at radius 1 is 0.929 bits per heavy atom. The van der Waals surface area contributed by atoms with Crippen LogP contribution in [0.1, 0.15) is 12.8 Å². The SMILES string of the molecule is C=CCB1O[C@@H](CC=C)[C@H](CC=C)O1. The number of hydrogen-bond donors (Lipinski definition) is 0. The number of allylic oxidation sites excluding steroid dienone is 1. The summed E-state index contributed by atoms with van der Waals surface area (Å²) in [5.74, 6) is 0. The molecule has 3 heteroatoms. The third-order valence-corrected chi connectivity index (χ3v) is 2.22. The molecular weight excluding hydrogens is 175 g/mol. The minimum atomic E-state index is -0.137. The molecule has 0 bridgehead atoms. The van der Waals surface area contributed by atoms with E-state index in [0.717, 1.165) is 19.2 Å². The van der Waals surface area contributed by atoms with Crippen LogP contribution in [-0.2, 0) is 9.31 Å². The van der Waals surface area contributed by atoms with Crippen LogP contribution in [0.15, 0.2) is 38.0 Å². The Morgan fingerprint density at radius 2 is 1.43 bits per heavy atom. The van der Waals surface area contributed by atoms with Crippen molar-refractivity contribution in [1.29, 1.82) is 0 Å². The van der Waals surface area contributed by atoms with Crippen LogP contribution in [0.2, 0.25) is 6.32 Å². The monoisotopic (exact) mass is 192 g/mol. The Hall–Kier alpha value is -0.795. The lowest BCUT2D eigenvalue weighted by atomic mass is 9.85. The molecule has 0 aromatic heterocycles. The molecule has 1 aliphatic heterocycles. The van der Waals surface area contributed by atoms with Crippen LogP contribution < -0.4 is 0 Å². The Bertz CT molecular complexity index is 197. The zero-order chi connectivity index (χ0) is 10.4. The molecule has 14 heavy (non-hydrogen) atoms. The van der Waals surface area contributed by atoms with Crippen molar-refractivity contribution < 1.29 is 9.31 Å². The predicted octanol–water partition coefficient (Wildman–Crippen LogP) is 2.60. The highest BCUT2D eigenvalue weighted by Crippen LogP contribution is 2.24. The summed E-state index contributed by atoms with van der Waals surface area (Å²) in [5.41, 5.74) is 0. The summed E-state index contributed by atoms with van der Waals surface area (Å²) in [6.45, 7) is 11.1. The van der Waals surface area contributed by atoms with Gasteiger partial charge < -0.3 is 9.31 Å². The zero-order valence-corrected chi connectivity index (χ0v) is 8.52. The fourth-order valence-corrected chi connectivity index (χ4v) is 1.59. The van der Waals surface area contributed by atoms with E-state index in [1.807, 2.05) is 18.2 Å². The molecular formula is C11H17BO2. The molecule has 0 saturated carbocycles. The van der Waals surface area contributed by atoms with Gasteiger partial charge in [0.25, 0.3) is 0 Å². The van der Waals surface area contributed by atoms with Gasteiger partial charge in [-0.2, -0.15) is 0 Å². The van der Waals surface area contributed by atoms with Crippen LogP contribution in [-0.4, -0.2) is 19.3 Å². The molecule has 0 radical (unpaired) electrons. The van der Waals surface area contributed by atoms with Gasteiger partial charge >= 0.3 is 7.12 Å². The molecule has 2 atom stereocenters. The van der Waals surface area contributed by atoms with E-state index in [0.29, 0.717) is 0 Å². The highest BCUT2D eigenvalue weighted by molar-refractivity contribution is 6.45. The van der Waals surface area contributed by atoms with Crippen molar-refractivity contribution in [3.63, 3.8) is 0 Å². The van der Waals surface area contributed by atoms with Crippen molar-refractivity contribution in [1.82, 2.24) is 0 Å².